The highest BCUT2D eigenvalue weighted by Gasteiger charge is 2.30. The molecule has 178 valence electrons. The molecule has 2 amide bonds. The summed E-state index contributed by atoms with van der Waals surface area (Å²) in [5, 5.41) is 7.01. The Morgan fingerprint density at radius 2 is 1.97 bits per heavy atom. The predicted octanol–water partition coefficient (Wildman–Crippen LogP) is 2.71. The van der Waals surface area contributed by atoms with Crippen molar-refractivity contribution in [3.05, 3.63) is 89.1 Å². The fourth-order valence-electron chi connectivity index (χ4n) is 4.63. The predicted molar refractivity (Wildman–Crippen MR) is 130 cm³/mol. The van der Waals surface area contributed by atoms with Crippen LogP contribution in [0.15, 0.2) is 61.1 Å². The topological polar surface area (TPSA) is 102 Å². The lowest BCUT2D eigenvalue weighted by Gasteiger charge is -2.17. The van der Waals surface area contributed by atoms with Crippen molar-refractivity contribution >= 4 is 17.5 Å². The first-order valence-corrected chi connectivity index (χ1v) is 11.5. The highest BCUT2D eigenvalue weighted by Crippen LogP contribution is 2.29. The molecule has 1 aromatic carbocycles. The maximum Gasteiger partial charge on any atom is 0.256 e. The van der Waals surface area contributed by atoms with Crippen LogP contribution >= 0.6 is 0 Å². The van der Waals surface area contributed by atoms with Crippen LogP contribution in [0.1, 0.15) is 50.0 Å². The van der Waals surface area contributed by atoms with Crippen molar-refractivity contribution in [2.75, 3.05) is 27.2 Å². The Hall–Kier alpha value is -4.27. The molecule has 1 fully saturated rings. The lowest BCUT2D eigenvalue weighted by Crippen LogP contribution is -2.28. The number of ether oxygens (including phenoxy) is 1. The zero-order valence-corrected chi connectivity index (χ0v) is 19.6. The van der Waals surface area contributed by atoms with Crippen LogP contribution in [0.2, 0.25) is 0 Å². The van der Waals surface area contributed by atoms with Gasteiger partial charge in [-0.2, -0.15) is 5.10 Å². The first-order valence-electron chi connectivity index (χ1n) is 11.5. The molecule has 1 N–H and O–H groups in total. The van der Waals surface area contributed by atoms with Crippen LogP contribution in [0.25, 0.3) is 5.65 Å². The van der Waals surface area contributed by atoms with Gasteiger partial charge in [0, 0.05) is 61.7 Å². The second-order valence-electron chi connectivity index (χ2n) is 8.50. The number of hydrogen-bond donors (Lipinski definition) is 1. The van der Waals surface area contributed by atoms with Crippen molar-refractivity contribution < 1.29 is 14.3 Å². The van der Waals surface area contributed by atoms with E-state index < -0.39 is 0 Å². The first kappa shape index (κ1) is 22.5. The molecule has 0 unspecified atom stereocenters. The number of nitrogens with zero attached hydrogens (tertiary/aromatic N) is 5. The zero-order chi connectivity index (χ0) is 24.4. The molecule has 1 saturated heterocycles. The van der Waals surface area contributed by atoms with Crippen molar-refractivity contribution in [2.24, 2.45) is 0 Å². The van der Waals surface area contributed by atoms with Crippen LogP contribution in [0, 0.1) is 0 Å². The van der Waals surface area contributed by atoms with E-state index in [1.807, 2.05) is 41.3 Å². The summed E-state index contributed by atoms with van der Waals surface area (Å²) in [7, 11) is 3.23. The average Bonchev–Trinajstić information content (AvgIpc) is 3.56. The van der Waals surface area contributed by atoms with Gasteiger partial charge in [0.05, 0.1) is 19.0 Å². The molecule has 0 bridgehead atoms. The summed E-state index contributed by atoms with van der Waals surface area (Å²) >= 11 is 0. The van der Waals surface area contributed by atoms with E-state index in [0.717, 1.165) is 29.1 Å². The molecular weight excluding hydrogens is 444 g/mol. The van der Waals surface area contributed by atoms with Crippen LogP contribution in [-0.4, -0.2) is 63.5 Å². The second-order valence-corrected chi connectivity index (χ2v) is 8.50. The Morgan fingerprint density at radius 1 is 1.14 bits per heavy atom. The molecule has 3 aromatic heterocycles. The normalized spacial score (nSPS) is 15.4. The molecule has 1 atom stereocenters. The molecule has 4 heterocycles. The van der Waals surface area contributed by atoms with Crippen LogP contribution < -0.4 is 10.1 Å². The van der Waals surface area contributed by atoms with Crippen LogP contribution in [0.4, 0.5) is 0 Å². The van der Waals surface area contributed by atoms with Crippen molar-refractivity contribution in [2.45, 2.75) is 18.8 Å². The summed E-state index contributed by atoms with van der Waals surface area (Å²) in [4.78, 5) is 36.1. The third-order valence-electron chi connectivity index (χ3n) is 6.42. The molecule has 9 nitrogen and oxygen atoms in total. The van der Waals surface area contributed by atoms with E-state index in [1.165, 1.54) is 6.20 Å². The molecule has 5 rings (SSSR count). The van der Waals surface area contributed by atoms with Gasteiger partial charge in [0.2, 0.25) is 0 Å². The van der Waals surface area contributed by atoms with Gasteiger partial charge in [0.15, 0.2) is 5.65 Å². The molecule has 1 aliphatic rings. The highest BCUT2D eigenvalue weighted by molar-refractivity contribution is 5.99. The lowest BCUT2D eigenvalue weighted by molar-refractivity contribution is 0.0790. The minimum Gasteiger partial charge on any atom is -0.496 e. The second kappa shape index (κ2) is 9.54. The van der Waals surface area contributed by atoms with Crippen LogP contribution in [0.3, 0.4) is 0 Å². The van der Waals surface area contributed by atoms with E-state index in [9.17, 15) is 9.59 Å². The zero-order valence-electron chi connectivity index (χ0n) is 19.6. The Morgan fingerprint density at radius 3 is 2.80 bits per heavy atom. The lowest BCUT2D eigenvalue weighted by atomic mass is 10.0. The number of amides is 2. The largest absolute Gasteiger partial charge is 0.496 e. The maximum atomic E-state index is 13.3. The number of likely N-dealkylation sites (tertiary alicyclic amines) is 1. The van der Waals surface area contributed by atoms with Crippen molar-refractivity contribution in [1.29, 1.82) is 0 Å². The Kier molecular flexibility index (Phi) is 6.13. The van der Waals surface area contributed by atoms with E-state index >= 15 is 0 Å². The summed E-state index contributed by atoms with van der Waals surface area (Å²) in [6.07, 6.45) is 6.29. The van der Waals surface area contributed by atoms with Crippen LogP contribution in [-0.2, 0) is 6.42 Å². The number of hydrogen-bond acceptors (Lipinski definition) is 6. The number of aromatic nitrogens is 4. The van der Waals surface area contributed by atoms with Gasteiger partial charge in [-0.05, 0) is 30.7 Å². The van der Waals surface area contributed by atoms with Gasteiger partial charge in [0.25, 0.3) is 11.8 Å². The van der Waals surface area contributed by atoms with E-state index in [2.05, 4.69) is 20.4 Å². The number of para-hydroxylation sites is 1. The van der Waals surface area contributed by atoms with Gasteiger partial charge >= 0.3 is 0 Å². The molecular formula is C26H26N6O3. The Bertz CT molecular complexity index is 1400. The monoisotopic (exact) mass is 470 g/mol. The smallest absolute Gasteiger partial charge is 0.256 e. The standard InChI is InChI=1S/C26H26N6O3/c1-27-25(33)21-15-30-32-22(8-11-29-24(21)32)19-9-12-31(16-19)26(34)18-7-10-28-20(14-18)13-17-5-3-4-6-23(17)35-2/h3-8,10-11,14-15,19H,9,12-13,16H2,1-2H3,(H,27,33)/t19-/m0/s1. The van der Waals surface area contributed by atoms with E-state index in [-0.39, 0.29) is 17.7 Å². The maximum absolute atomic E-state index is 13.3. The van der Waals surface area contributed by atoms with Gasteiger partial charge in [-0.25, -0.2) is 9.50 Å². The summed E-state index contributed by atoms with van der Waals surface area (Å²) < 4.78 is 7.15. The molecule has 35 heavy (non-hydrogen) atoms. The number of rotatable bonds is 6. The van der Waals surface area contributed by atoms with Crippen molar-refractivity contribution in [1.82, 2.24) is 29.8 Å². The molecule has 9 heteroatoms. The van der Waals surface area contributed by atoms with E-state index in [1.54, 1.807) is 37.1 Å². The Labute approximate surface area is 202 Å². The summed E-state index contributed by atoms with van der Waals surface area (Å²) in [5.41, 5.74) is 4.33. The number of carbonyl (C=O) groups excluding carboxylic acids is 2. The van der Waals surface area contributed by atoms with Gasteiger partial charge in [0.1, 0.15) is 11.3 Å². The summed E-state index contributed by atoms with van der Waals surface area (Å²) in [6.45, 7) is 1.21. The fourth-order valence-corrected chi connectivity index (χ4v) is 4.63. The van der Waals surface area contributed by atoms with E-state index in [0.29, 0.717) is 36.3 Å². The quantitative estimate of drug-likeness (QED) is 0.465. The third kappa shape index (κ3) is 4.32. The molecule has 4 aromatic rings. The van der Waals surface area contributed by atoms with Crippen molar-refractivity contribution in [3.8, 4) is 5.75 Å². The molecule has 0 saturated carbocycles. The Balaban J connectivity index is 1.33. The minimum absolute atomic E-state index is 0.0204. The molecule has 1 aliphatic heterocycles. The number of carbonyl (C=O) groups is 2. The average molecular weight is 471 g/mol. The van der Waals surface area contributed by atoms with Gasteiger partial charge in [-0.15, -0.1) is 0 Å². The number of pyridine rings is 1. The molecule has 0 spiro atoms. The SMILES string of the molecule is CNC(=O)c1cnn2c([C@H]3CCN(C(=O)c4ccnc(Cc5ccccc5OC)c4)C3)ccnc12. The molecule has 0 aliphatic carbocycles. The van der Waals surface area contributed by atoms with Crippen LogP contribution in [0.5, 0.6) is 5.75 Å². The van der Waals surface area contributed by atoms with Crippen molar-refractivity contribution in [3.63, 3.8) is 0 Å². The summed E-state index contributed by atoms with van der Waals surface area (Å²) in [6, 6.07) is 13.3. The highest BCUT2D eigenvalue weighted by atomic mass is 16.5. The number of methoxy groups -OCH3 is 1. The molecule has 0 radical (unpaired) electrons. The number of nitrogens with one attached hydrogen (secondary N) is 1. The van der Waals surface area contributed by atoms with Gasteiger partial charge in [-0.3, -0.25) is 14.6 Å². The third-order valence-corrected chi connectivity index (χ3v) is 6.42. The number of benzene rings is 1. The number of fused-ring (bicyclic) bond motifs is 1. The van der Waals surface area contributed by atoms with Gasteiger partial charge in [-0.1, -0.05) is 18.2 Å². The fraction of sp³-hybridized carbons (Fsp3) is 0.269. The van der Waals surface area contributed by atoms with Gasteiger partial charge < -0.3 is 15.0 Å². The minimum atomic E-state index is -0.227. The van der Waals surface area contributed by atoms with E-state index in [4.69, 9.17) is 4.74 Å². The first-order chi connectivity index (χ1) is 17.1. The summed E-state index contributed by atoms with van der Waals surface area (Å²) in [5.74, 6) is 0.648.